The molecule has 1 unspecified atom stereocenters. The first kappa shape index (κ1) is 26.7. The number of ether oxygens (including phenoxy) is 2. The molecular formula is C27H40N2O7. The van der Waals surface area contributed by atoms with Crippen molar-refractivity contribution in [2.45, 2.75) is 70.7 Å². The third-order valence-corrected chi connectivity index (χ3v) is 9.17. The van der Waals surface area contributed by atoms with Gasteiger partial charge < -0.3 is 29.7 Å². The summed E-state index contributed by atoms with van der Waals surface area (Å²) in [5.74, 6) is 0.344. The summed E-state index contributed by atoms with van der Waals surface area (Å²) in [7, 11) is 1.57. The van der Waals surface area contributed by atoms with Crippen molar-refractivity contribution in [3.05, 3.63) is 24.3 Å². The topological polar surface area (TPSA) is 129 Å². The van der Waals surface area contributed by atoms with E-state index in [4.69, 9.17) is 9.47 Å². The Balaban J connectivity index is 1.47. The lowest BCUT2D eigenvalue weighted by atomic mass is 9.46. The maximum atomic E-state index is 13.0. The molecule has 3 aliphatic rings. The summed E-state index contributed by atoms with van der Waals surface area (Å²) in [6, 6.07) is 6.95. The number of carbonyl (C=O) groups is 2. The van der Waals surface area contributed by atoms with Crippen LogP contribution in [0.2, 0.25) is 0 Å². The number of carbonyl (C=O) groups excluding carboxylic acids is 2. The van der Waals surface area contributed by atoms with Crippen LogP contribution in [0, 0.1) is 22.7 Å². The Morgan fingerprint density at radius 1 is 1.11 bits per heavy atom. The number of aliphatic hydroxyl groups is 3. The molecule has 2 aliphatic carbocycles. The number of amides is 2. The van der Waals surface area contributed by atoms with E-state index < -0.39 is 35.2 Å². The van der Waals surface area contributed by atoms with Crippen LogP contribution in [0.15, 0.2) is 24.3 Å². The minimum atomic E-state index is -0.713. The van der Waals surface area contributed by atoms with Gasteiger partial charge in [-0.15, -0.1) is 0 Å². The number of rotatable bonds is 6. The highest BCUT2D eigenvalue weighted by molar-refractivity contribution is 5.84. The van der Waals surface area contributed by atoms with Gasteiger partial charge in [0.05, 0.1) is 25.9 Å². The van der Waals surface area contributed by atoms with E-state index in [1.54, 1.807) is 36.3 Å². The van der Waals surface area contributed by atoms with Crippen molar-refractivity contribution in [1.82, 2.24) is 4.90 Å². The zero-order valence-electron chi connectivity index (χ0n) is 21.5. The molecule has 1 heterocycles. The van der Waals surface area contributed by atoms with Gasteiger partial charge in [-0.1, -0.05) is 13.8 Å². The van der Waals surface area contributed by atoms with E-state index in [0.717, 1.165) is 0 Å². The summed E-state index contributed by atoms with van der Waals surface area (Å²) in [6.45, 7) is 4.78. The fraction of sp³-hybridized carbons (Fsp3) is 0.704. The fourth-order valence-corrected chi connectivity index (χ4v) is 7.02. The molecule has 9 heteroatoms. The highest BCUT2D eigenvalue weighted by Gasteiger charge is 2.60. The van der Waals surface area contributed by atoms with Gasteiger partial charge >= 0.3 is 6.09 Å². The molecule has 9 nitrogen and oxygen atoms in total. The number of aliphatic hydroxyl groups excluding tert-OH is 3. The molecule has 7 atom stereocenters. The zero-order valence-corrected chi connectivity index (χ0v) is 21.5. The van der Waals surface area contributed by atoms with E-state index >= 15 is 0 Å². The number of hydrogen-bond donors (Lipinski definition) is 4. The Hall–Kier alpha value is -2.36. The maximum absolute atomic E-state index is 13.0. The first-order chi connectivity index (χ1) is 17.1. The van der Waals surface area contributed by atoms with Gasteiger partial charge in [0.25, 0.3) is 0 Å². The molecule has 0 bridgehead atoms. The second kappa shape index (κ2) is 10.6. The minimum absolute atomic E-state index is 0.0343. The summed E-state index contributed by atoms with van der Waals surface area (Å²) < 4.78 is 11.0. The Bertz CT molecular complexity index is 941. The van der Waals surface area contributed by atoms with E-state index in [1.165, 1.54) is 0 Å². The number of likely N-dealkylation sites (tertiary alicyclic amines) is 1. The molecule has 3 fully saturated rings. The second-order valence-corrected chi connectivity index (χ2v) is 11.2. The standard InChI is InChI=1S/C27H40N2O7/c1-26-12-10-23(36-25(34)28-17-4-6-19(35-3)7-5-17)27(2,16-30)22(26)9-8-21(32)20(26)14-24(33)29-13-11-18(31)15-29/h4-7,18,20-23,30-32H,8-16H2,1-3H3,(H,28,34)/t18-,20-,21-,22?,23-,26+,27+/m1/s1. The normalized spacial score (nSPS) is 36.2. The van der Waals surface area contributed by atoms with Crippen LogP contribution in [0.3, 0.4) is 0 Å². The van der Waals surface area contributed by atoms with Crippen LogP contribution in [-0.4, -0.2) is 77.3 Å². The number of anilines is 1. The van der Waals surface area contributed by atoms with E-state index in [0.29, 0.717) is 56.6 Å². The van der Waals surface area contributed by atoms with Gasteiger partial charge in [0.2, 0.25) is 5.91 Å². The van der Waals surface area contributed by atoms with Gasteiger partial charge in [0.15, 0.2) is 0 Å². The lowest BCUT2D eigenvalue weighted by Crippen LogP contribution is -2.61. The summed E-state index contributed by atoms with van der Waals surface area (Å²) in [6.07, 6.45) is 1.03. The molecule has 1 saturated heterocycles. The first-order valence-electron chi connectivity index (χ1n) is 13.0. The SMILES string of the molecule is COc1ccc(NC(=O)O[C@@H]2CC[C@]3(C)C(CC[C@@H](O)[C@H]3CC(=O)N3CC[C@@H](O)C3)[C@]2(C)CO)cc1. The van der Waals surface area contributed by atoms with Gasteiger partial charge in [0.1, 0.15) is 11.9 Å². The summed E-state index contributed by atoms with van der Waals surface area (Å²) >= 11 is 0. The van der Waals surface area contributed by atoms with Gasteiger partial charge in [0, 0.05) is 30.6 Å². The molecule has 2 amide bonds. The average molecular weight is 505 g/mol. The molecule has 4 rings (SSSR count). The van der Waals surface area contributed by atoms with Crippen molar-refractivity contribution in [2.75, 3.05) is 32.1 Å². The third kappa shape index (κ3) is 5.06. The molecular weight excluding hydrogens is 464 g/mol. The van der Waals surface area contributed by atoms with E-state index in [2.05, 4.69) is 12.2 Å². The van der Waals surface area contributed by atoms with Gasteiger partial charge in [-0.05, 0) is 73.6 Å². The Morgan fingerprint density at radius 3 is 2.44 bits per heavy atom. The molecule has 2 saturated carbocycles. The number of nitrogens with one attached hydrogen (secondary N) is 1. The molecule has 200 valence electrons. The number of fused-ring (bicyclic) bond motifs is 1. The van der Waals surface area contributed by atoms with Crippen LogP contribution in [0.25, 0.3) is 0 Å². The lowest BCUT2D eigenvalue weighted by molar-refractivity contribution is -0.186. The maximum Gasteiger partial charge on any atom is 0.411 e. The van der Waals surface area contributed by atoms with E-state index in [9.17, 15) is 24.9 Å². The van der Waals surface area contributed by atoms with Crippen molar-refractivity contribution in [1.29, 1.82) is 0 Å². The molecule has 0 aromatic heterocycles. The number of methoxy groups -OCH3 is 1. The highest BCUT2D eigenvalue weighted by atomic mass is 16.6. The molecule has 0 spiro atoms. The van der Waals surface area contributed by atoms with Crippen molar-refractivity contribution in [3.8, 4) is 5.75 Å². The monoisotopic (exact) mass is 504 g/mol. The Labute approximate surface area is 212 Å². The van der Waals surface area contributed by atoms with Crippen molar-refractivity contribution in [3.63, 3.8) is 0 Å². The Morgan fingerprint density at radius 2 is 1.83 bits per heavy atom. The van der Waals surface area contributed by atoms with Crippen LogP contribution in [0.4, 0.5) is 10.5 Å². The van der Waals surface area contributed by atoms with Crippen LogP contribution in [0.1, 0.15) is 52.4 Å². The fourth-order valence-electron chi connectivity index (χ4n) is 7.02. The first-order valence-corrected chi connectivity index (χ1v) is 13.0. The van der Waals surface area contributed by atoms with Crippen molar-refractivity contribution < 1.29 is 34.4 Å². The molecule has 0 radical (unpaired) electrons. The zero-order chi connectivity index (χ0) is 26.1. The lowest BCUT2D eigenvalue weighted by Gasteiger charge is -2.60. The summed E-state index contributed by atoms with van der Waals surface area (Å²) in [4.78, 5) is 27.5. The van der Waals surface area contributed by atoms with Crippen LogP contribution in [0.5, 0.6) is 5.75 Å². The molecule has 4 N–H and O–H groups in total. The smallest absolute Gasteiger partial charge is 0.411 e. The van der Waals surface area contributed by atoms with Crippen LogP contribution in [-0.2, 0) is 9.53 Å². The van der Waals surface area contributed by atoms with Gasteiger partial charge in [-0.2, -0.15) is 0 Å². The largest absolute Gasteiger partial charge is 0.497 e. The molecule has 1 aliphatic heterocycles. The van der Waals surface area contributed by atoms with E-state index in [1.807, 2.05) is 6.92 Å². The highest BCUT2D eigenvalue weighted by Crippen LogP contribution is 2.61. The number of hydrogen-bond acceptors (Lipinski definition) is 7. The Kier molecular flexibility index (Phi) is 7.83. The molecule has 36 heavy (non-hydrogen) atoms. The quantitative estimate of drug-likeness (QED) is 0.469. The van der Waals surface area contributed by atoms with Crippen molar-refractivity contribution >= 4 is 17.7 Å². The minimum Gasteiger partial charge on any atom is -0.497 e. The predicted octanol–water partition coefficient (Wildman–Crippen LogP) is 2.78. The number of benzene rings is 1. The summed E-state index contributed by atoms with van der Waals surface area (Å²) in [5.41, 5.74) is -0.524. The van der Waals surface area contributed by atoms with Crippen LogP contribution < -0.4 is 10.1 Å². The second-order valence-electron chi connectivity index (χ2n) is 11.2. The summed E-state index contributed by atoms with van der Waals surface area (Å²) in [5, 5.41) is 34.2. The van der Waals surface area contributed by atoms with Gasteiger partial charge in [-0.3, -0.25) is 10.1 Å². The van der Waals surface area contributed by atoms with Crippen LogP contribution >= 0.6 is 0 Å². The molecule has 1 aromatic carbocycles. The van der Waals surface area contributed by atoms with Gasteiger partial charge in [-0.25, -0.2) is 4.79 Å². The van der Waals surface area contributed by atoms with Crippen molar-refractivity contribution in [2.24, 2.45) is 22.7 Å². The van der Waals surface area contributed by atoms with E-state index in [-0.39, 0.29) is 30.8 Å². The molecule has 1 aromatic rings. The predicted molar refractivity (Wildman–Crippen MR) is 133 cm³/mol. The number of β-amino-alcohol motifs (C(OH)–C–C–N with tert-alkyl or cyclic N) is 1. The average Bonchev–Trinajstić information content (AvgIpc) is 3.30. The number of nitrogens with zero attached hydrogens (tertiary/aromatic N) is 1. The third-order valence-electron chi connectivity index (χ3n) is 9.17.